The van der Waals surface area contributed by atoms with Crippen LogP contribution in [0.3, 0.4) is 0 Å². The van der Waals surface area contributed by atoms with Gasteiger partial charge >= 0.3 is 0 Å². The number of amides is 2. The van der Waals surface area contributed by atoms with Gasteiger partial charge in [-0.15, -0.1) is 0 Å². The molecule has 7 heteroatoms. The minimum Gasteiger partial charge on any atom is -0.361 e. The van der Waals surface area contributed by atoms with Gasteiger partial charge in [0.15, 0.2) is 0 Å². The Bertz CT molecular complexity index is 1360. The van der Waals surface area contributed by atoms with Crippen LogP contribution in [0, 0.1) is 0 Å². The van der Waals surface area contributed by atoms with Crippen molar-refractivity contribution in [3.8, 4) is 0 Å². The normalized spacial score (nSPS) is 14.4. The summed E-state index contributed by atoms with van der Waals surface area (Å²) in [5.74, 6) is -0.772. The number of fused-ring (bicyclic) bond motifs is 2. The minimum atomic E-state index is -0.386. The summed E-state index contributed by atoms with van der Waals surface area (Å²) in [5, 5.41) is 14.9. The van der Waals surface area contributed by atoms with Gasteiger partial charge in [0.25, 0.3) is 11.8 Å². The van der Waals surface area contributed by atoms with Crippen LogP contribution < -0.4 is 5.32 Å². The maximum absolute atomic E-state index is 12.9. The van der Waals surface area contributed by atoms with Gasteiger partial charge in [0.1, 0.15) is 0 Å². The van der Waals surface area contributed by atoms with E-state index >= 15 is 0 Å². The molecule has 0 saturated carbocycles. The van der Waals surface area contributed by atoms with Crippen LogP contribution in [0.25, 0.3) is 33.0 Å². The number of hydrogen-bond donors (Lipinski definition) is 3. The summed E-state index contributed by atoms with van der Waals surface area (Å²) in [7, 11) is 1.62. The number of rotatable bonds is 6. The van der Waals surface area contributed by atoms with Crippen molar-refractivity contribution in [2.45, 2.75) is 13.0 Å². The summed E-state index contributed by atoms with van der Waals surface area (Å²) in [6, 6.07) is 15.6. The van der Waals surface area contributed by atoms with Crippen molar-refractivity contribution in [2.24, 2.45) is 0 Å². The van der Waals surface area contributed by atoms with E-state index in [-0.39, 0.29) is 11.8 Å². The summed E-state index contributed by atoms with van der Waals surface area (Å²) in [6.45, 7) is 1.21. The highest BCUT2D eigenvalue weighted by Crippen LogP contribution is 2.38. The monoisotopic (exact) mass is 414 g/mol. The van der Waals surface area contributed by atoms with E-state index in [1.165, 1.54) is 0 Å². The molecule has 0 saturated heterocycles. The van der Waals surface area contributed by atoms with Crippen LogP contribution in [0.4, 0.5) is 0 Å². The minimum absolute atomic E-state index is 0.386. The van der Waals surface area contributed by atoms with Crippen molar-refractivity contribution in [1.29, 1.82) is 0 Å². The molecular weight excluding hydrogens is 392 g/mol. The fourth-order valence-electron chi connectivity index (χ4n) is 4.35. The van der Waals surface area contributed by atoms with E-state index in [0.717, 1.165) is 38.9 Å². The van der Waals surface area contributed by atoms with Crippen molar-refractivity contribution >= 4 is 44.8 Å². The average Bonchev–Trinajstić information content (AvgIpc) is 3.41. The van der Waals surface area contributed by atoms with Crippen molar-refractivity contribution in [3.05, 3.63) is 72.1 Å². The van der Waals surface area contributed by atoms with Crippen molar-refractivity contribution in [1.82, 2.24) is 19.9 Å². The predicted molar refractivity (Wildman–Crippen MR) is 119 cm³/mol. The molecule has 3 heterocycles. The molecule has 0 atom stereocenters. The molecule has 0 radical (unpaired) electrons. The lowest BCUT2D eigenvalue weighted by molar-refractivity contribution is -0.122. The standard InChI is InChI=1S/C24H22N4O3/c1-27(31)11-6-12-28-14-18(16-8-3-5-10-20(16)28)22-21(23(29)26-24(22)30)17-13-25-19-9-4-2-7-15(17)19/h2-5,7-10,13-14,25,31H,6,11-12H2,1H3,(H,26,29,30). The molecular formula is C24H22N4O3. The third kappa shape index (κ3) is 3.24. The van der Waals surface area contributed by atoms with Gasteiger partial charge in [0, 0.05) is 65.5 Å². The number of nitrogens with zero attached hydrogens (tertiary/aromatic N) is 2. The lowest BCUT2D eigenvalue weighted by atomic mass is 9.95. The Labute approximate surface area is 178 Å². The van der Waals surface area contributed by atoms with E-state index in [0.29, 0.717) is 29.8 Å². The van der Waals surface area contributed by atoms with E-state index in [1.54, 1.807) is 13.2 Å². The second-order valence-corrected chi connectivity index (χ2v) is 7.77. The maximum Gasteiger partial charge on any atom is 0.259 e. The van der Waals surface area contributed by atoms with E-state index in [4.69, 9.17) is 0 Å². The smallest absolute Gasteiger partial charge is 0.259 e. The summed E-state index contributed by atoms with van der Waals surface area (Å²) >= 11 is 0. The number of carbonyl (C=O) groups excluding carboxylic acids is 2. The number of H-pyrrole nitrogens is 1. The van der Waals surface area contributed by atoms with Gasteiger partial charge in [-0.05, 0) is 18.6 Å². The Hall–Kier alpha value is -3.68. The summed E-state index contributed by atoms with van der Waals surface area (Å²) in [5.41, 5.74) is 4.12. The van der Waals surface area contributed by atoms with Gasteiger partial charge in [0.2, 0.25) is 0 Å². The maximum atomic E-state index is 12.9. The molecule has 156 valence electrons. The molecule has 7 nitrogen and oxygen atoms in total. The summed E-state index contributed by atoms with van der Waals surface area (Å²) in [4.78, 5) is 29.0. The molecule has 1 aliphatic heterocycles. The highest BCUT2D eigenvalue weighted by molar-refractivity contribution is 6.50. The number of aryl methyl sites for hydroxylation is 1. The molecule has 5 rings (SSSR count). The van der Waals surface area contributed by atoms with Crippen LogP contribution in [0.2, 0.25) is 0 Å². The predicted octanol–water partition coefficient (Wildman–Crippen LogP) is 3.40. The van der Waals surface area contributed by atoms with E-state index in [1.807, 2.05) is 54.7 Å². The van der Waals surface area contributed by atoms with Gasteiger partial charge in [-0.2, -0.15) is 5.06 Å². The first-order valence-electron chi connectivity index (χ1n) is 10.2. The van der Waals surface area contributed by atoms with Crippen LogP contribution in [0.1, 0.15) is 17.5 Å². The molecule has 0 aliphatic carbocycles. The van der Waals surface area contributed by atoms with Crippen LogP contribution in [0.15, 0.2) is 60.9 Å². The topological polar surface area (TPSA) is 90.4 Å². The molecule has 3 N–H and O–H groups in total. The molecule has 2 amide bonds. The summed E-state index contributed by atoms with van der Waals surface area (Å²) in [6.07, 6.45) is 4.46. The van der Waals surface area contributed by atoms with Crippen molar-refractivity contribution < 1.29 is 14.8 Å². The third-order valence-electron chi connectivity index (χ3n) is 5.73. The molecule has 1 aliphatic rings. The lowest BCUT2D eigenvalue weighted by Gasteiger charge is -2.09. The fourth-order valence-corrected chi connectivity index (χ4v) is 4.35. The number of hydroxylamine groups is 2. The van der Waals surface area contributed by atoms with Gasteiger partial charge in [-0.1, -0.05) is 36.4 Å². The quantitative estimate of drug-likeness (QED) is 0.333. The molecule has 4 aromatic rings. The highest BCUT2D eigenvalue weighted by atomic mass is 16.5. The van der Waals surface area contributed by atoms with Gasteiger partial charge in [-0.3, -0.25) is 14.9 Å². The molecule has 2 aromatic carbocycles. The number of aromatic nitrogens is 2. The first-order chi connectivity index (χ1) is 15.0. The molecule has 2 aromatic heterocycles. The van der Waals surface area contributed by atoms with Crippen molar-refractivity contribution in [3.63, 3.8) is 0 Å². The number of para-hydroxylation sites is 2. The zero-order valence-corrected chi connectivity index (χ0v) is 17.1. The Morgan fingerprint density at radius 1 is 0.935 bits per heavy atom. The number of nitrogens with one attached hydrogen (secondary N) is 2. The Morgan fingerprint density at radius 2 is 1.61 bits per heavy atom. The van der Waals surface area contributed by atoms with E-state index in [9.17, 15) is 14.8 Å². The van der Waals surface area contributed by atoms with Gasteiger partial charge in [0.05, 0.1) is 11.1 Å². The Kier molecular flexibility index (Phi) is 4.69. The molecule has 31 heavy (non-hydrogen) atoms. The third-order valence-corrected chi connectivity index (χ3v) is 5.73. The zero-order valence-electron chi connectivity index (χ0n) is 17.1. The average molecular weight is 414 g/mol. The Morgan fingerprint density at radius 3 is 2.39 bits per heavy atom. The molecule has 0 bridgehead atoms. The largest absolute Gasteiger partial charge is 0.361 e. The second-order valence-electron chi connectivity index (χ2n) is 7.77. The number of hydrogen-bond acceptors (Lipinski definition) is 4. The first kappa shape index (κ1) is 19.3. The van der Waals surface area contributed by atoms with Gasteiger partial charge in [-0.25, -0.2) is 0 Å². The molecule has 0 spiro atoms. The highest BCUT2D eigenvalue weighted by Gasteiger charge is 2.34. The van der Waals surface area contributed by atoms with Crippen molar-refractivity contribution in [2.75, 3.05) is 13.6 Å². The molecule has 0 unspecified atom stereocenters. The Balaban J connectivity index is 1.70. The fraction of sp³-hybridized carbons (Fsp3) is 0.167. The first-order valence-corrected chi connectivity index (χ1v) is 10.2. The molecule has 0 fully saturated rings. The number of imide groups is 1. The lowest BCUT2D eigenvalue weighted by Crippen LogP contribution is -2.22. The van der Waals surface area contributed by atoms with Crippen LogP contribution in [0.5, 0.6) is 0 Å². The number of aromatic amines is 1. The number of benzene rings is 2. The van der Waals surface area contributed by atoms with E-state index < -0.39 is 0 Å². The van der Waals surface area contributed by atoms with E-state index in [2.05, 4.69) is 14.9 Å². The van der Waals surface area contributed by atoms with Crippen LogP contribution in [-0.2, 0) is 16.1 Å². The van der Waals surface area contributed by atoms with Crippen LogP contribution in [-0.4, -0.2) is 45.2 Å². The SMILES string of the molecule is CN(O)CCCn1cc(C2=C(c3c[nH]c4ccccc34)C(=O)NC2=O)c2ccccc21. The second kappa shape index (κ2) is 7.54. The zero-order chi connectivity index (χ0) is 21.5. The van der Waals surface area contributed by atoms with Gasteiger partial charge < -0.3 is 14.8 Å². The van der Waals surface area contributed by atoms with Crippen LogP contribution >= 0.6 is 0 Å². The summed E-state index contributed by atoms with van der Waals surface area (Å²) < 4.78 is 2.07. The number of carbonyl (C=O) groups is 2.